The molecule has 0 saturated heterocycles. The van der Waals surface area contributed by atoms with Gasteiger partial charge in [0, 0.05) is 148 Å². The molecule has 20 rings (SSSR count). The fourth-order valence-electron chi connectivity index (χ4n) is 15.9. The van der Waals surface area contributed by atoms with E-state index in [1.54, 1.807) is 123 Å². The van der Waals surface area contributed by atoms with E-state index < -0.39 is 0 Å². The standard InChI is InChI=1S/5C20H18N6O/c5*1-2-11-3-4-23-9-15(11)17-6-12-7-18(24-10-16(12)19(22)25-17)26-20(27)14-5-13(14)8-21/h5*3-4,6-7,9-10,13-14H,2,5H2,1H3,(H2,22,25)(H,24,26,27)/t2*13-,14+;2*13-,14-;/m1010./s1. The first-order valence-electron chi connectivity index (χ1n) is 44.0. The number of rotatable bonds is 20. The number of pyridine rings is 15. The highest BCUT2D eigenvalue weighted by Crippen LogP contribution is 2.44. The molecule has 670 valence electrons. The number of nitrogens with zero attached hydrogens (tertiary/aromatic N) is 20. The van der Waals surface area contributed by atoms with E-state index in [0.29, 0.717) is 90.3 Å². The van der Waals surface area contributed by atoms with Crippen LogP contribution in [0.2, 0.25) is 0 Å². The molecule has 5 fully saturated rings. The number of aromatic nitrogens is 15. The van der Waals surface area contributed by atoms with Crippen LogP contribution >= 0.6 is 0 Å². The minimum atomic E-state index is -0.243. The number of anilines is 10. The average molecular weight is 1790 g/mol. The fraction of sp³-hybridized carbons (Fsp3) is 0.250. The first-order valence-corrected chi connectivity index (χ1v) is 44.0. The van der Waals surface area contributed by atoms with Gasteiger partial charge in [-0.15, -0.1) is 0 Å². The lowest BCUT2D eigenvalue weighted by Gasteiger charge is -2.10. The van der Waals surface area contributed by atoms with Gasteiger partial charge in [-0.2, -0.15) is 26.3 Å². The molecule has 0 radical (unpaired) electrons. The number of nitrogens with one attached hydrogen (secondary N) is 5. The molecule has 35 nitrogen and oxygen atoms in total. The van der Waals surface area contributed by atoms with Crippen molar-refractivity contribution in [1.29, 1.82) is 26.3 Å². The minimum absolute atomic E-state index is 0.170. The lowest BCUT2D eigenvalue weighted by molar-refractivity contribution is -0.118. The third kappa shape index (κ3) is 20.5. The Morgan fingerprint density at radius 3 is 0.600 bits per heavy atom. The number of hydrogen-bond donors (Lipinski definition) is 10. The Morgan fingerprint density at radius 2 is 0.452 bits per heavy atom. The number of nitriles is 5. The van der Waals surface area contributed by atoms with Crippen LogP contribution in [0.5, 0.6) is 0 Å². The molecule has 35 heteroatoms. The van der Waals surface area contributed by atoms with Crippen molar-refractivity contribution in [3.05, 3.63) is 212 Å². The third-order valence-electron chi connectivity index (χ3n) is 24.3. The highest BCUT2D eigenvalue weighted by molar-refractivity contribution is 6.04. The number of carbonyl (C=O) groups is 5. The van der Waals surface area contributed by atoms with Gasteiger partial charge >= 0.3 is 0 Å². The summed E-state index contributed by atoms with van der Waals surface area (Å²) >= 11 is 0. The van der Waals surface area contributed by atoms with Crippen LogP contribution in [0.15, 0.2) is 184 Å². The summed E-state index contributed by atoms with van der Waals surface area (Å²) in [6.45, 7) is 10.4. The molecule has 15 N–H and O–H groups in total. The smallest absolute Gasteiger partial charge is 0.230 e. The van der Waals surface area contributed by atoms with E-state index in [1.807, 2.05) is 60.7 Å². The molecular weight excluding hydrogens is 1700 g/mol. The van der Waals surface area contributed by atoms with E-state index in [4.69, 9.17) is 55.0 Å². The zero-order valence-electron chi connectivity index (χ0n) is 74.0. The van der Waals surface area contributed by atoms with Crippen LogP contribution < -0.4 is 55.3 Å². The number of aryl methyl sites for hydroxylation is 5. The Kier molecular flexibility index (Phi) is 26.7. The molecule has 15 aromatic heterocycles. The maximum Gasteiger partial charge on any atom is 0.230 e. The molecule has 0 spiro atoms. The first kappa shape index (κ1) is 90.7. The second-order valence-corrected chi connectivity index (χ2v) is 33.2. The third-order valence-corrected chi connectivity index (χ3v) is 24.3. The summed E-state index contributed by atoms with van der Waals surface area (Å²) in [5.41, 5.74) is 44.7. The van der Waals surface area contributed by atoms with Crippen LogP contribution in [-0.4, -0.2) is 104 Å². The maximum absolute atomic E-state index is 12.2. The number of fused-ring (bicyclic) bond motifs is 5. The molecule has 10 atom stereocenters. The average Bonchev–Trinajstić information content (AvgIpc) is 1.35. The van der Waals surface area contributed by atoms with Crippen molar-refractivity contribution < 1.29 is 24.0 Å². The molecule has 5 saturated carbocycles. The van der Waals surface area contributed by atoms with Gasteiger partial charge in [-0.1, -0.05) is 34.6 Å². The minimum Gasteiger partial charge on any atom is -0.383 e. The zero-order chi connectivity index (χ0) is 94.8. The summed E-state index contributed by atoms with van der Waals surface area (Å²) < 4.78 is 0. The molecule has 135 heavy (non-hydrogen) atoms. The van der Waals surface area contributed by atoms with Gasteiger partial charge in [-0.3, -0.25) is 48.9 Å². The highest BCUT2D eigenvalue weighted by Gasteiger charge is 2.47. The number of carbonyl (C=O) groups excluding carboxylic acids is 5. The molecule has 2 unspecified atom stereocenters. The van der Waals surface area contributed by atoms with Crippen LogP contribution in [0.4, 0.5) is 58.2 Å². The summed E-state index contributed by atoms with van der Waals surface area (Å²) in [7, 11) is 0. The predicted molar refractivity (Wildman–Crippen MR) is 512 cm³/mol. The SMILES string of the molecule is CCc1ccncc1-c1cc2cc(NC(=O)C3CC3C#N)ncc2c(N)n1.CCc1ccncc1-c1cc2cc(NC(=O)[C@@H]3C[C@@H]3C#N)ncc2c(N)n1.CCc1ccncc1-c1cc2cc(NC(=O)[C@@H]3C[C@H]3C#N)ncc2c(N)n1.CCc1ccncc1-c1cc2cc(NC(=O)[C@H]3C[C@@H]3C#N)ncc2c(N)n1.CCc1ccncc1-c1cc2cc(NC(=O)[C@H]3C[C@H]3C#N)ncc2c(N)n1. The van der Waals surface area contributed by atoms with Gasteiger partial charge in [0.1, 0.15) is 58.2 Å². The normalized spacial score (nSPS) is 18.1. The predicted octanol–water partition coefficient (Wildman–Crippen LogP) is 14.7. The van der Waals surface area contributed by atoms with Gasteiger partial charge in [0.25, 0.3) is 0 Å². The molecular formula is C100H90N30O5. The number of hydrogen-bond acceptors (Lipinski definition) is 30. The molecule has 0 aromatic carbocycles. The zero-order valence-corrected chi connectivity index (χ0v) is 74.0. The van der Waals surface area contributed by atoms with Crippen molar-refractivity contribution in [3.63, 3.8) is 0 Å². The van der Waals surface area contributed by atoms with Gasteiger partial charge in [0.15, 0.2) is 0 Å². The second-order valence-electron chi connectivity index (χ2n) is 33.2. The van der Waals surface area contributed by atoms with Gasteiger partial charge in [0.2, 0.25) is 29.5 Å². The van der Waals surface area contributed by atoms with Gasteiger partial charge in [-0.05, 0) is 210 Å². The molecule has 5 aliphatic carbocycles. The monoisotopic (exact) mass is 1790 g/mol. The van der Waals surface area contributed by atoms with E-state index in [9.17, 15) is 24.0 Å². The van der Waals surface area contributed by atoms with E-state index in [2.05, 4.69) is 166 Å². The van der Waals surface area contributed by atoms with E-state index in [-0.39, 0.29) is 88.7 Å². The molecule has 0 aliphatic heterocycles. The van der Waals surface area contributed by atoms with E-state index >= 15 is 0 Å². The molecule has 5 aliphatic rings. The Hall–Kier alpha value is -17.7. The van der Waals surface area contributed by atoms with Gasteiger partial charge < -0.3 is 55.3 Å². The Balaban J connectivity index is 0.000000123. The van der Waals surface area contributed by atoms with E-state index in [0.717, 1.165) is 170 Å². The first-order chi connectivity index (χ1) is 65.5. The van der Waals surface area contributed by atoms with Crippen molar-refractivity contribution in [3.8, 4) is 86.6 Å². The summed E-state index contributed by atoms with van der Waals surface area (Å²) in [5, 5.41) is 66.1. The highest BCUT2D eigenvalue weighted by atomic mass is 16.2. The lowest BCUT2D eigenvalue weighted by Crippen LogP contribution is -2.15. The maximum atomic E-state index is 12.2. The van der Waals surface area contributed by atoms with Crippen molar-refractivity contribution in [2.45, 2.75) is 98.8 Å². The quantitative estimate of drug-likeness (QED) is 0.0339. The number of amides is 5. The second kappa shape index (κ2) is 39.7. The largest absolute Gasteiger partial charge is 0.383 e. The summed E-state index contributed by atoms with van der Waals surface area (Å²) in [6.07, 6.45) is 33.1. The van der Waals surface area contributed by atoms with Crippen molar-refractivity contribution in [2.24, 2.45) is 59.2 Å². The summed E-state index contributed by atoms with van der Waals surface area (Å²) in [4.78, 5) is 126. The van der Waals surface area contributed by atoms with Crippen molar-refractivity contribution in [2.75, 3.05) is 55.3 Å². The van der Waals surface area contributed by atoms with Gasteiger partial charge in [-0.25, -0.2) is 49.8 Å². The fourth-order valence-corrected chi connectivity index (χ4v) is 15.9. The number of nitrogens with two attached hydrogens (primary N) is 5. The van der Waals surface area contributed by atoms with Crippen molar-refractivity contribution >= 4 is 142 Å². The molecule has 15 aromatic rings. The molecule has 15 heterocycles. The Morgan fingerprint density at radius 1 is 0.281 bits per heavy atom. The van der Waals surface area contributed by atoms with Crippen LogP contribution in [0.25, 0.3) is 110 Å². The van der Waals surface area contributed by atoms with Crippen LogP contribution in [0.3, 0.4) is 0 Å². The topological polar surface area (TPSA) is 588 Å². The summed E-state index contributed by atoms with van der Waals surface area (Å²) in [6, 6.07) is 38.9. The molecule has 0 bridgehead atoms. The van der Waals surface area contributed by atoms with E-state index in [1.165, 1.54) is 0 Å². The van der Waals surface area contributed by atoms with Crippen LogP contribution in [0, 0.1) is 116 Å². The molecule has 5 amide bonds. The Labute approximate surface area is 774 Å². The van der Waals surface area contributed by atoms with Crippen molar-refractivity contribution in [1.82, 2.24) is 74.8 Å². The van der Waals surface area contributed by atoms with Gasteiger partial charge in [0.05, 0.1) is 118 Å². The van der Waals surface area contributed by atoms with Crippen LogP contribution in [-0.2, 0) is 56.1 Å². The number of nitrogen functional groups attached to an aromatic ring is 5. The lowest BCUT2D eigenvalue weighted by atomic mass is 10.0. The van der Waals surface area contributed by atoms with Crippen LogP contribution in [0.1, 0.15) is 94.5 Å². The Bertz CT molecular complexity index is 6450. The summed E-state index contributed by atoms with van der Waals surface area (Å²) in [5.74, 6) is 1.11.